The summed E-state index contributed by atoms with van der Waals surface area (Å²) in [7, 11) is 0. The van der Waals surface area contributed by atoms with E-state index < -0.39 is 0 Å². The molecule has 2 aromatic rings. The summed E-state index contributed by atoms with van der Waals surface area (Å²) in [5.41, 5.74) is 2.61. The smallest absolute Gasteiger partial charge is 0.256 e. The third kappa shape index (κ3) is 4.05. The van der Waals surface area contributed by atoms with Crippen molar-refractivity contribution in [2.24, 2.45) is 0 Å². The quantitative estimate of drug-likeness (QED) is 0.856. The second-order valence-corrected chi connectivity index (χ2v) is 7.95. The minimum atomic E-state index is 0.0251. The van der Waals surface area contributed by atoms with Crippen LogP contribution in [0.4, 0.5) is 5.69 Å². The van der Waals surface area contributed by atoms with Gasteiger partial charge in [0.1, 0.15) is 6.54 Å². The zero-order valence-corrected chi connectivity index (χ0v) is 16.6. The first-order valence-corrected chi connectivity index (χ1v) is 10.3. The molecule has 2 aromatic carbocycles. The van der Waals surface area contributed by atoms with Crippen LogP contribution in [0.5, 0.6) is 0 Å². The molecule has 0 atom stereocenters. The average Bonchev–Trinajstić information content (AvgIpc) is 3.14. The fraction of sp³-hybridized carbons (Fsp3) is 0.364. The number of nitrogens with zero attached hydrogens (tertiary/aromatic N) is 2. The van der Waals surface area contributed by atoms with Crippen molar-refractivity contribution < 1.29 is 14.5 Å². The Morgan fingerprint density at radius 3 is 2.54 bits per heavy atom. The number of halogens is 1. The van der Waals surface area contributed by atoms with Gasteiger partial charge in [-0.3, -0.25) is 9.59 Å². The van der Waals surface area contributed by atoms with Crippen LogP contribution in [0.25, 0.3) is 0 Å². The maximum Gasteiger partial charge on any atom is 0.256 e. The first-order valence-electron chi connectivity index (χ1n) is 9.88. The van der Waals surface area contributed by atoms with E-state index in [9.17, 15) is 9.59 Å². The summed E-state index contributed by atoms with van der Waals surface area (Å²) in [5.74, 6) is 0.133. The number of rotatable bonds is 4. The highest BCUT2D eigenvalue weighted by Gasteiger charge is 2.29. The number of nitrogens with one attached hydrogen (secondary N) is 1. The fourth-order valence-electron chi connectivity index (χ4n) is 4.10. The van der Waals surface area contributed by atoms with Gasteiger partial charge in [0.15, 0.2) is 0 Å². The molecule has 2 heterocycles. The standard InChI is InChI=1S/C22H24ClN3O2/c23-18-6-3-5-17(15-18)16-24-11-13-25(14-12-24)22(28)19-7-1-2-8-20(19)26-10-4-9-21(26)27/h1-3,5-8,15H,4,9-14,16H2/p+1. The summed E-state index contributed by atoms with van der Waals surface area (Å²) in [6, 6.07) is 15.5. The molecule has 0 bridgehead atoms. The molecular formula is C22H25ClN3O2+. The lowest BCUT2D eigenvalue weighted by atomic mass is 10.1. The van der Waals surface area contributed by atoms with Crippen molar-refractivity contribution in [3.63, 3.8) is 0 Å². The van der Waals surface area contributed by atoms with Gasteiger partial charge in [-0.05, 0) is 30.7 Å². The number of carbonyl (C=O) groups is 2. The third-order valence-electron chi connectivity index (χ3n) is 5.60. The Morgan fingerprint density at radius 1 is 1.04 bits per heavy atom. The Balaban J connectivity index is 1.41. The van der Waals surface area contributed by atoms with Crippen LogP contribution < -0.4 is 9.80 Å². The molecular weight excluding hydrogens is 374 g/mol. The predicted octanol–water partition coefficient (Wildman–Crippen LogP) is 2.01. The van der Waals surface area contributed by atoms with Gasteiger partial charge >= 0.3 is 0 Å². The largest absolute Gasteiger partial charge is 0.328 e. The molecule has 2 fully saturated rings. The van der Waals surface area contributed by atoms with Crippen LogP contribution in [0.3, 0.4) is 0 Å². The van der Waals surface area contributed by atoms with Gasteiger partial charge in [0.2, 0.25) is 5.91 Å². The van der Waals surface area contributed by atoms with E-state index in [1.54, 1.807) is 4.90 Å². The highest BCUT2D eigenvalue weighted by molar-refractivity contribution is 6.30. The van der Waals surface area contributed by atoms with Gasteiger partial charge < -0.3 is 14.7 Å². The Kier molecular flexibility index (Phi) is 5.64. The summed E-state index contributed by atoms with van der Waals surface area (Å²) < 4.78 is 0. The molecule has 0 aromatic heterocycles. The van der Waals surface area contributed by atoms with Gasteiger partial charge in [-0.25, -0.2) is 0 Å². The lowest BCUT2D eigenvalue weighted by Gasteiger charge is -2.33. The first kappa shape index (κ1) is 19.0. The Hall–Kier alpha value is -2.37. The zero-order valence-electron chi connectivity index (χ0n) is 15.9. The number of para-hydroxylation sites is 1. The van der Waals surface area contributed by atoms with Gasteiger partial charge in [0.25, 0.3) is 5.91 Å². The number of hydrogen-bond donors (Lipinski definition) is 1. The molecule has 5 nitrogen and oxygen atoms in total. The monoisotopic (exact) mass is 398 g/mol. The van der Waals surface area contributed by atoms with E-state index >= 15 is 0 Å². The first-order chi connectivity index (χ1) is 13.6. The van der Waals surface area contributed by atoms with Crippen molar-refractivity contribution in [1.29, 1.82) is 0 Å². The molecule has 2 aliphatic rings. The van der Waals surface area contributed by atoms with Crippen LogP contribution in [0.2, 0.25) is 5.02 Å². The summed E-state index contributed by atoms with van der Waals surface area (Å²) in [4.78, 5) is 30.4. The van der Waals surface area contributed by atoms with Crippen LogP contribution in [0, 0.1) is 0 Å². The molecule has 146 valence electrons. The van der Waals surface area contributed by atoms with Gasteiger partial charge in [0, 0.05) is 23.6 Å². The highest BCUT2D eigenvalue weighted by Crippen LogP contribution is 2.26. The normalized spacial score (nSPS) is 18.0. The topological polar surface area (TPSA) is 45.1 Å². The molecule has 0 radical (unpaired) electrons. The second-order valence-electron chi connectivity index (χ2n) is 7.51. The summed E-state index contributed by atoms with van der Waals surface area (Å²) in [5, 5.41) is 0.763. The number of piperazine rings is 1. The van der Waals surface area contributed by atoms with E-state index in [-0.39, 0.29) is 11.8 Å². The zero-order chi connectivity index (χ0) is 19.5. The number of quaternary nitrogens is 1. The van der Waals surface area contributed by atoms with E-state index in [0.29, 0.717) is 18.5 Å². The predicted molar refractivity (Wildman–Crippen MR) is 110 cm³/mol. The summed E-state index contributed by atoms with van der Waals surface area (Å²) in [6.07, 6.45) is 1.42. The molecule has 6 heteroatoms. The maximum atomic E-state index is 13.2. The van der Waals surface area contributed by atoms with E-state index in [1.807, 2.05) is 47.4 Å². The minimum absolute atomic E-state index is 0.0251. The summed E-state index contributed by atoms with van der Waals surface area (Å²) >= 11 is 6.08. The lowest BCUT2D eigenvalue weighted by molar-refractivity contribution is -0.917. The SMILES string of the molecule is O=C(c1ccccc1N1CCCC1=O)N1CC[NH+](Cc2cccc(Cl)c2)CC1. The van der Waals surface area contributed by atoms with Crippen LogP contribution in [-0.4, -0.2) is 49.4 Å². The van der Waals surface area contributed by atoms with E-state index in [4.69, 9.17) is 11.6 Å². The molecule has 28 heavy (non-hydrogen) atoms. The van der Waals surface area contributed by atoms with Crippen LogP contribution in [0.1, 0.15) is 28.8 Å². The molecule has 1 N–H and O–H groups in total. The maximum absolute atomic E-state index is 13.2. The molecule has 2 saturated heterocycles. The van der Waals surface area contributed by atoms with E-state index in [2.05, 4.69) is 6.07 Å². The molecule has 2 amide bonds. The summed E-state index contributed by atoms with van der Waals surface area (Å²) in [6.45, 7) is 4.86. The van der Waals surface area contributed by atoms with Crippen LogP contribution in [0.15, 0.2) is 48.5 Å². The molecule has 0 aliphatic carbocycles. The molecule has 0 spiro atoms. The van der Waals surface area contributed by atoms with Crippen molar-refractivity contribution in [3.8, 4) is 0 Å². The number of benzene rings is 2. The Bertz CT molecular complexity index is 878. The highest BCUT2D eigenvalue weighted by atomic mass is 35.5. The molecule has 0 saturated carbocycles. The van der Waals surface area contributed by atoms with E-state index in [0.717, 1.165) is 49.9 Å². The van der Waals surface area contributed by atoms with Crippen molar-refractivity contribution in [2.75, 3.05) is 37.6 Å². The van der Waals surface area contributed by atoms with Gasteiger partial charge in [-0.15, -0.1) is 0 Å². The second kappa shape index (κ2) is 8.33. The minimum Gasteiger partial charge on any atom is -0.328 e. The molecule has 0 unspecified atom stereocenters. The lowest BCUT2D eigenvalue weighted by Crippen LogP contribution is -3.13. The van der Waals surface area contributed by atoms with Crippen molar-refractivity contribution >= 4 is 29.1 Å². The number of hydrogen-bond acceptors (Lipinski definition) is 2. The van der Waals surface area contributed by atoms with Gasteiger partial charge in [0.05, 0.1) is 37.4 Å². The Labute approximate surface area is 170 Å². The fourth-order valence-corrected chi connectivity index (χ4v) is 4.31. The van der Waals surface area contributed by atoms with Crippen LogP contribution in [-0.2, 0) is 11.3 Å². The number of amides is 2. The van der Waals surface area contributed by atoms with Crippen LogP contribution >= 0.6 is 11.6 Å². The average molecular weight is 399 g/mol. The third-order valence-corrected chi connectivity index (χ3v) is 5.83. The number of carbonyl (C=O) groups excluding carboxylic acids is 2. The number of anilines is 1. The Morgan fingerprint density at radius 2 is 1.82 bits per heavy atom. The van der Waals surface area contributed by atoms with E-state index in [1.165, 1.54) is 10.5 Å². The van der Waals surface area contributed by atoms with Crippen molar-refractivity contribution in [3.05, 3.63) is 64.7 Å². The molecule has 2 aliphatic heterocycles. The van der Waals surface area contributed by atoms with Crippen molar-refractivity contribution in [2.45, 2.75) is 19.4 Å². The molecule has 4 rings (SSSR count). The van der Waals surface area contributed by atoms with Crippen molar-refractivity contribution in [1.82, 2.24) is 4.90 Å². The van der Waals surface area contributed by atoms with Gasteiger partial charge in [-0.1, -0.05) is 35.9 Å². The van der Waals surface area contributed by atoms with Gasteiger partial charge in [-0.2, -0.15) is 0 Å².